The number of hydrogen-bond donors (Lipinski definition) is 2. The SMILES string of the molecule is O=C(O)C1CCN(C(=O)NCC(F)(F)c2ccc(Cl)cc2)C1. The van der Waals surface area contributed by atoms with Crippen LogP contribution in [0.3, 0.4) is 0 Å². The second-order valence-corrected chi connectivity index (χ2v) is 5.58. The molecule has 1 fully saturated rings. The number of halogens is 3. The molecule has 1 atom stereocenters. The number of alkyl halides is 2. The van der Waals surface area contributed by atoms with Crippen LogP contribution in [-0.4, -0.2) is 41.6 Å². The van der Waals surface area contributed by atoms with Crippen molar-refractivity contribution in [3.8, 4) is 0 Å². The maximum atomic E-state index is 14.0. The number of hydrogen-bond acceptors (Lipinski definition) is 2. The second kappa shape index (κ2) is 6.48. The van der Waals surface area contributed by atoms with Crippen LogP contribution < -0.4 is 5.32 Å². The molecule has 120 valence electrons. The molecule has 1 aliphatic rings. The minimum atomic E-state index is -3.23. The standard InChI is InChI=1S/C14H15ClF2N2O3/c15-11-3-1-10(2-4-11)14(16,17)8-18-13(22)19-6-5-9(7-19)12(20)21/h1-4,9H,5-8H2,(H,18,22)(H,20,21). The summed E-state index contributed by atoms with van der Waals surface area (Å²) in [6.45, 7) is -0.579. The third kappa shape index (κ3) is 3.85. The summed E-state index contributed by atoms with van der Waals surface area (Å²) in [6.07, 6.45) is 0.330. The Hall–Kier alpha value is -1.89. The van der Waals surface area contributed by atoms with E-state index in [1.807, 2.05) is 0 Å². The van der Waals surface area contributed by atoms with Gasteiger partial charge in [-0.3, -0.25) is 4.79 Å². The lowest BCUT2D eigenvalue weighted by atomic mass is 10.1. The van der Waals surface area contributed by atoms with E-state index in [4.69, 9.17) is 16.7 Å². The highest BCUT2D eigenvalue weighted by atomic mass is 35.5. The highest BCUT2D eigenvalue weighted by Gasteiger charge is 2.35. The molecule has 1 aromatic carbocycles. The van der Waals surface area contributed by atoms with Crippen LogP contribution >= 0.6 is 11.6 Å². The van der Waals surface area contributed by atoms with Gasteiger partial charge < -0.3 is 15.3 Å². The van der Waals surface area contributed by atoms with Gasteiger partial charge >= 0.3 is 12.0 Å². The molecule has 1 aromatic rings. The van der Waals surface area contributed by atoms with Gasteiger partial charge in [-0.15, -0.1) is 0 Å². The molecule has 1 aliphatic heterocycles. The quantitative estimate of drug-likeness (QED) is 0.890. The van der Waals surface area contributed by atoms with Gasteiger partial charge in [-0.1, -0.05) is 23.7 Å². The average Bonchev–Trinajstić information content (AvgIpc) is 2.95. The van der Waals surface area contributed by atoms with Gasteiger partial charge in [0.25, 0.3) is 5.92 Å². The van der Waals surface area contributed by atoms with Gasteiger partial charge in [0.2, 0.25) is 0 Å². The summed E-state index contributed by atoms with van der Waals surface area (Å²) in [6, 6.07) is 4.42. The Morgan fingerprint density at radius 2 is 2.00 bits per heavy atom. The summed E-state index contributed by atoms with van der Waals surface area (Å²) in [5.41, 5.74) is -0.248. The number of rotatable bonds is 4. The van der Waals surface area contributed by atoms with Crippen molar-refractivity contribution in [3.05, 3.63) is 34.9 Å². The molecule has 2 amide bonds. The van der Waals surface area contributed by atoms with Crippen molar-refractivity contribution in [1.82, 2.24) is 10.2 Å². The zero-order chi connectivity index (χ0) is 16.3. The highest BCUT2D eigenvalue weighted by molar-refractivity contribution is 6.30. The van der Waals surface area contributed by atoms with Crippen LogP contribution in [0.15, 0.2) is 24.3 Å². The number of benzene rings is 1. The van der Waals surface area contributed by atoms with Gasteiger partial charge in [-0.25, -0.2) is 4.79 Å². The van der Waals surface area contributed by atoms with Crippen LogP contribution in [-0.2, 0) is 10.7 Å². The Labute approximate surface area is 130 Å². The molecule has 2 N–H and O–H groups in total. The Kier molecular flexibility index (Phi) is 4.85. The fourth-order valence-electron chi connectivity index (χ4n) is 2.24. The molecular weight excluding hydrogens is 318 g/mol. The first kappa shape index (κ1) is 16.5. The molecule has 2 rings (SSSR count). The van der Waals surface area contributed by atoms with Crippen molar-refractivity contribution in [2.75, 3.05) is 19.6 Å². The van der Waals surface area contributed by atoms with E-state index >= 15 is 0 Å². The number of nitrogens with zero attached hydrogens (tertiary/aromatic N) is 1. The summed E-state index contributed by atoms with van der Waals surface area (Å²) >= 11 is 5.65. The van der Waals surface area contributed by atoms with Crippen molar-refractivity contribution in [1.29, 1.82) is 0 Å². The molecule has 1 heterocycles. The Morgan fingerprint density at radius 3 is 2.55 bits per heavy atom. The maximum Gasteiger partial charge on any atom is 0.317 e. The number of carboxylic acids is 1. The van der Waals surface area contributed by atoms with Gasteiger partial charge in [-0.05, 0) is 18.6 Å². The van der Waals surface area contributed by atoms with Crippen molar-refractivity contribution in [3.63, 3.8) is 0 Å². The zero-order valence-corrected chi connectivity index (χ0v) is 12.3. The Morgan fingerprint density at radius 1 is 1.36 bits per heavy atom. The Bertz CT molecular complexity index is 566. The number of nitrogens with one attached hydrogen (secondary N) is 1. The molecule has 0 saturated carbocycles. The van der Waals surface area contributed by atoms with Gasteiger partial charge in [0.15, 0.2) is 0 Å². The van der Waals surface area contributed by atoms with E-state index in [0.29, 0.717) is 11.4 Å². The van der Waals surface area contributed by atoms with E-state index in [1.54, 1.807) is 0 Å². The van der Waals surface area contributed by atoms with E-state index in [2.05, 4.69) is 5.32 Å². The number of carbonyl (C=O) groups is 2. The summed E-state index contributed by atoms with van der Waals surface area (Å²) in [4.78, 5) is 23.9. The molecule has 0 spiro atoms. The van der Waals surface area contributed by atoms with E-state index < -0.39 is 30.4 Å². The minimum Gasteiger partial charge on any atom is -0.481 e. The van der Waals surface area contributed by atoms with Gasteiger partial charge in [-0.2, -0.15) is 8.78 Å². The van der Waals surface area contributed by atoms with Crippen molar-refractivity contribution in [2.45, 2.75) is 12.3 Å². The highest BCUT2D eigenvalue weighted by Crippen LogP contribution is 2.28. The summed E-state index contributed by atoms with van der Waals surface area (Å²) in [5, 5.41) is 11.3. The smallest absolute Gasteiger partial charge is 0.317 e. The van der Waals surface area contributed by atoms with E-state index in [-0.39, 0.29) is 18.7 Å². The summed E-state index contributed by atoms with van der Waals surface area (Å²) in [5.74, 6) is -4.85. The number of carboxylic acid groups (broad SMARTS) is 1. The van der Waals surface area contributed by atoms with Crippen LogP contribution in [0.4, 0.5) is 13.6 Å². The average molecular weight is 333 g/mol. The molecule has 8 heteroatoms. The monoisotopic (exact) mass is 332 g/mol. The fraction of sp³-hybridized carbons (Fsp3) is 0.429. The molecule has 22 heavy (non-hydrogen) atoms. The molecule has 1 saturated heterocycles. The molecule has 1 unspecified atom stereocenters. The fourth-order valence-corrected chi connectivity index (χ4v) is 2.37. The van der Waals surface area contributed by atoms with Crippen molar-refractivity contribution < 1.29 is 23.5 Å². The van der Waals surface area contributed by atoms with E-state index in [9.17, 15) is 18.4 Å². The lowest BCUT2D eigenvalue weighted by molar-refractivity contribution is -0.141. The first-order valence-electron chi connectivity index (χ1n) is 6.69. The van der Waals surface area contributed by atoms with Crippen LogP contribution in [0.5, 0.6) is 0 Å². The molecule has 0 aromatic heterocycles. The first-order chi connectivity index (χ1) is 10.3. The predicted molar refractivity (Wildman–Crippen MR) is 76.1 cm³/mol. The summed E-state index contributed by atoms with van der Waals surface area (Å²) in [7, 11) is 0. The maximum absolute atomic E-state index is 14.0. The second-order valence-electron chi connectivity index (χ2n) is 5.14. The van der Waals surface area contributed by atoms with Gasteiger partial charge in [0, 0.05) is 23.7 Å². The van der Waals surface area contributed by atoms with E-state index in [1.165, 1.54) is 29.2 Å². The molecule has 0 aliphatic carbocycles. The third-order valence-corrected chi connectivity index (χ3v) is 3.80. The first-order valence-corrected chi connectivity index (χ1v) is 7.07. The van der Waals surface area contributed by atoms with Crippen LogP contribution in [0.1, 0.15) is 12.0 Å². The lowest BCUT2D eigenvalue weighted by Gasteiger charge is -2.21. The topological polar surface area (TPSA) is 69.6 Å². The van der Waals surface area contributed by atoms with Gasteiger partial charge in [0.05, 0.1) is 12.5 Å². The van der Waals surface area contributed by atoms with Crippen LogP contribution in [0.2, 0.25) is 5.02 Å². The Balaban J connectivity index is 1.90. The number of aliphatic carboxylic acids is 1. The van der Waals surface area contributed by atoms with Crippen LogP contribution in [0.25, 0.3) is 0 Å². The van der Waals surface area contributed by atoms with Crippen molar-refractivity contribution >= 4 is 23.6 Å². The van der Waals surface area contributed by atoms with Crippen molar-refractivity contribution in [2.24, 2.45) is 5.92 Å². The van der Waals surface area contributed by atoms with Gasteiger partial charge in [0.1, 0.15) is 0 Å². The van der Waals surface area contributed by atoms with E-state index in [0.717, 1.165) is 0 Å². The third-order valence-electron chi connectivity index (χ3n) is 3.55. The minimum absolute atomic E-state index is 0.0354. The normalized spacial score (nSPS) is 18.3. The lowest BCUT2D eigenvalue weighted by Crippen LogP contribution is -2.43. The largest absolute Gasteiger partial charge is 0.481 e. The molecular formula is C14H15ClF2N2O3. The molecule has 5 nitrogen and oxygen atoms in total. The number of carbonyl (C=O) groups excluding carboxylic acids is 1. The van der Waals surface area contributed by atoms with Crippen LogP contribution in [0, 0.1) is 5.92 Å². The summed E-state index contributed by atoms with van der Waals surface area (Å²) < 4.78 is 27.9. The molecule has 0 radical (unpaired) electrons. The number of urea groups is 1. The predicted octanol–water partition coefficient (Wildman–Crippen LogP) is 2.55. The number of amides is 2. The number of likely N-dealkylation sites (tertiary alicyclic amines) is 1. The zero-order valence-electron chi connectivity index (χ0n) is 11.6. The molecule has 0 bridgehead atoms.